The van der Waals surface area contributed by atoms with Gasteiger partial charge in [-0.3, -0.25) is 5.32 Å². The number of nitrogens with one attached hydrogen (secondary N) is 1. The summed E-state index contributed by atoms with van der Waals surface area (Å²) in [6.07, 6.45) is 7.38. The Labute approximate surface area is 110 Å². The predicted octanol–water partition coefficient (Wildman–Crippen LogP) is 2.90. The molecule has 0 saturated carbocycles. The van der Waals surface area contributed by atoms with Crippen molar-refractivity contribution in [3.8, 4) is 18.1 Å². The van der Waals surface area contributed by atoms with Gasteiger partial charge in [-0.25, -0.2) is 0 Å². The normalized spacial score (nSPS) is 17.7. The minimum Gasteiger partial charge on any atom is -0.487 e. The quantitative estimate of drug-likeness (QED) is 0.821. The summed E-state index contributed by atoms with van der Waals surface area (Å²) in [4.78, 5) is 0. The second kappa shape index (κ2) is 5.04. The van der Waals surface area contributed by atoms with E-state index in [0.717, 1.165) is 25.1 Å². The summed E-state index contributed by atoms with van der Waals surface area (Å²) in [5.41, 5.74) is 2.41. The van der Waals surface area contributed by atoms with Crippen molar-refractivity contribution in [1.82, 2.24) is 5.32 Å². The van der Waals surface area contributed by atoms with Crippen LogP contribution >= 0.6 is 0 Å². The summed E-state index contributed by atoms with van der Waals surface area (Å²) in [5.74, 6) is 3.80. The van der Waals surface area contributed by atoms with Crippen LogP contribution in [0, 0.1) is 12.3 Å². The predicted molar refractivity (Wildman–Crippen MR) is 74.6 cm³/mol. The number of rotatable bonds is 4. The van der Waals surface area contributed by atoms with Crippen LogP contribution in [-0.2, 0) is 13.0 Å². The van der Waals surface area contributed by atoms with Crippen LogP contribution < -0.4 is 10.1 Å². The van der Waals surface area contributed by atoms with Crippen molar-refractivity contribution in [1.29, 1.82) is 0 Å². The molecule has 1 N–H and O–H groups in total. The lowest BCUT2D eigenvalue weighted by Gasteiger charge is -2.19. The van der Waals surface area contributed by atoms with Gasteiger partial charge >= 0.3 is 0 Å². The summed E-state index contributed by atoms with van der Waals surface area (Å²) in [7, 11) is 0. The summed E-state index contributed by atoms with van der Waals surface area (Å²) < 4.78 is 6.03. The molecule has 0 spiro atoms. The smallest absolute Gasteiger partial charge is 0.127 e. The molecule has 0 fully saturated rings. The topological polar surface area (TPSA) is 21.3 Å². The van der Waals surface area contributed by atoms with E-state index in [1.54, 1.807) is 0 Å². The Morgan fingerprint density at radius 3 is 2.94 bits per heavy atom. The van der Waals surface area contributed by atoms with E-state index < -0.39 is 0 Å². The maximum Gasteiger partial charge on any atom is 0.127 e. The molecule has 1 heterocycles. The van der Waals surface area contributed by atoms with Crippen LogP contribution in [0.5, 0.6) is 5.75 Å². The molecule has 0 radical (unpaired) electrons. The van der Waals surface area contributed by atoms with Gasteiger partial charge in [0.15, 0.2) is 0 Å². The van der Waals surface area contributed by atoms with Crippen LogP contribution in [0.3, 0.4) is 0 Å². The Morgan fingerprint density at radius 2 is 2.28 bits per heavy atom. The third kappa shape index (κ3) is 2.68. The van der Waals surface area contributed by atoms with E-state index in [2.05, 4.69) is 50.2 Å². The molecule has 2 heteroatoms. The highest BCUT2D eigenvalue weighted by atomic mass is 16.5. The third-order valence-corrected chi connectivity index (χ3v) is 3.32. The number of hydrogen-bond acceptors (Lipinski definition) is 2. The number of para-hydroxylation sites is 1. The molecule has 2 nitrogen and oxygen atoms in total. The Hall–Kier alpha value is -1.46. The fourth-order valence-electron chi connectivity index (χ4n) is 2.37. The number of ether oxygens (including phenoxy) is 1. The van der Waals surface area contributed by atoms with Crippen molar-refractivity contribution in [2.24, 2.45) is 0 Å². The van der Waals surface area contributed by atoms with E-state index in [0.29, 0.717) is 0 Å². The fraction of sp³-hybridized carbons (Fsp3) is 0.500. The zero-order chi connectivity index (χ0) is 13.2. The van der Waals surface area contributed by atoms with Gasteiger partial charge in [0.05, 0.1) is 6.04 Å². The highest BCUT2D eigenvalue weighted by Gasteiger charge is 2.31. The summed E-state index contributed by atoms with van der Waals surface area (Å²) >= 11 is 0. The standard InChI is InChI=1S/C16H21NO/c1-5-14(6-2)17-11-13-9-7-8-12-10-16(3,4)18-15(12)13/h1,7-9,14,17H,6,10-11H2,2-4H3. The summed E-state index contributed by atoms with van der Waals surface area (Å²) in [6.45, 7) is 7.11. The highest BCUT2D eigenvalue weighted by molar-refractivity contribution is 5.45. The molecular formula is C16H21NO. The lowest BCUT2D eigenvalue weighted by atomic mass is 10.0. The third-order valence-electron chi connectivity index (χ3n) is 3.32. The molecule has 2 rings (SSSR count). The molecule has 0 aromatic heterocycles. The van der Waals surface area contributed by atoms with Gasteiger partial charge in [-0.05, 0) is 25.8 Å². The van der Waals surface area contributed by atoms with E-state index in [-0.39, 0.29) is 11.6 Å². The molecule has 96 valence electrons. The van der Waals surface area contributed by atoms with E-state index in [1.165, 1.54) is 11.1 Å². The molecule has 1 aliphatic rings. The fourth-order valence-corrected chi connectivity index (χ4v) is 2.37. The molecule has 1 atom stereocenters. The molecule has 0 saturated heterocycles. The first-order valence-electron chi connectivity index (χ1n) is 6.55. The van der Waals surface area contributed by atoms with Crippen molar-refractivity contribution in [3.63, 3.8) is 0 Å². The van der Waals surface area contributed by atoms with Crippen molar-refractivity contribution in [2.45, 2.75) is 51.8 Å². The summed E-state index contributed by atoms with van der Waals surface area (Å²) in [5, 5.41) is 3.38. The number of terminal acetylenes is 1. The summed E-state index contributed by atoms with van der Waals surface area (Å²) in [6, 6.07) is 6.48. The molecule has 0 amide bonds. The Balaban J connectivity index is 2.13. The van der Waals surface area contributed by atoms with Crippen LogP contribution in [0.1, 0.15) is 38.3 Å². The number of benzene rings is 1. The van der Waals surface area contributed by atoms with Gasteiger partial charge in [0.2, 0.25) is 0 Å². The number of hydrogen-bond donors (Lipinski definition) is 1. The van der Waals surface area contributed by atoms with Crippen molar-refractivity contribution >= 4 is 0 Å². The van der Waals surface area contributed by atoms with Crippen molar-refractivity contribution in [2.75, 3.05) is 0 Å². The van der Waals surface area contributed by atoms with Gasteiger partial charge in [0.1, 0.15) is 11.4 Å². The maximum absolute atomic E-state index is 6.03. The molecular weight excluding hydrogens is 222 g/mol. The van der Waals surface area contributed by atoms with Gasteiger partial charge in [0.25, 0.3) is 0 Å². The van der Waals surface area contributed by atoms with E-state index in [9.17, 15) is 0 Å². The molecule has 1 unspecified atom stereocenters. The minimum absolute atomic E-state index is 0.0886. The van der Waals surface area contributed by atoms with E-state index in [4.69, 9.17) is 11.2 Å². The molecule has 0 aliphatic carbocycles. The van der Waals surface area contributed by atoms with Gasteiger partial charge < -0.3 is 4.74 Å². The largest absolute Gasteiger partial charge is 0.487 e. The molecule has 1 aliphatic heterocycles. The Bertz CT molecular complexity index is 470. The monoisotopic (exact) mass is 243 g/mol. The minimum atomic E-state index is -0.0886. The molecule has 0 bridgehead atoms. The second-order valence-electron chi connectivity index (χ2n) is 5.45. The zero-order valence-electron chi connectivity index (χ0n) is 11.4. The van der Waals surface area contributed by atoms with Gasteiger partial charge in [-0.15, -0.1) is 6.42 Å². The van der Waals surface area contributed by atoms with Gasteiger partial charge in [-0.2, -0.15) is 0 Å². The van der Waals surface area contributed by atoms with Gasteiger partial charge in [0, 0.05) is 18.5 Å². The molecule has 1 aromatic carbocycles. The van der Waals surface area contributed by atoms with E-state index >= 15 is 0 Å². The van der Waals surface area contributed by atoms with Crippen LogP contribution in [0.15, 0.2) is 18.2 Å². The van der Waals surface area contributed by atoms with Gasteiger partial charge in [-0.1, -0.05) is 31.0 Å². The van der Waals surface area contributed by atoms with Crippen molar-refractivity contribution < 1.29 is 4.74 Å². The van der Waals surface area contributed by atoms with E-state index in [1.807, 2.05) is 0 Å². The first-order valence-corrected chi connectivity index (χ1v) is 6.55. The maximum atomic E-state index is 6.03. The lowest BCUT2D eigenvalue weighted by molar-refractivity contribution is 0.137. The SMILES string of the molecule is C#CC(CC)NCc1cccc2c1OC(C)(C)C2. The lowest BCUT2D eigenvalue weighted by Crippen LogP contribution is -2.27. The Morgan fingerprint density at radius 1 is 1.50 bits per heavy atom. The highest BCUT2D eigenvalue weighted by Crippen LogP contribution is 2.37. The first-order chi connectivity index (χ1) is 8.55. The Kier molecular flexibility index (Phi) is 3.63. The average molecular weight is 243 g/mol. The molecule has 18 heavy (non-hydrogen) atoms. The van der Waals surface area contributed by atoms with Crippen LogP contribution in [0.2, 0.25) is 0 Å². The first kappa shape index (κ1) is 13.0. The zero-order valence-corrected chi connectivity index (χ0v) is 11.4. The van der Waals surface area contributed by atoms with Crippen molar-refractivity contribution in [3.05, 3.63) is 29.3 Å². The van der Waals surface area contributed by atoms with Crippen LogP contribution in [-0.4, -0.2) is 11.6 Å². The average Bonchev–Trinajstić information content (AvgIpc) is 2.65. The van der Waals surface area contributed by atoms with Crippen LogP contribution in [0.4, 0.5) is 0 Å². The van der Waals surface area contributed by atoms with Crippen LogP contribution in [0.25, 0.3) is 0 Å². The second-order valence-corrected chi connectivity index (χ2v) is 5.45. The molecule has 1 aromatic rings. The number of fused-ring (bicyclic) bond motifs is 1.